The number of para-hydroxylation sites is 2. The summed E-state index contributed by atoms with van der Waals surface area (Å²) in [6.07, 6.45) is 0. The van der Waals surface area contributed by atoms with Crippen molar-refractivity contribution in [1.82, 2.24) is 9.55 Å². The van der Waals surface area contributed by atoms with E-state index in [1.165, 1.54) is 0 Å². The molecular formula is C34H26N2O2. The SMILES string of the molecule is Cc1cc(-c2nc3ccccc3n2C(=O)c2ccccc2)c(O)c(C(c2ccccc2)c2ccccc2)c1. The number of phenolic OH excluding ortho intramolecular Hbond substituents is 1. The van der Waals surface area contributed by atoms with Gasteiger partial charge in [-0.05, 0) is 53.9 Å². The molecule has 6 aromatic rings. The summed E-state index contributed by atoms with van der Waals surface area (Å²) >= 11 is 0. The predicted molar refractivity (Wildman–Crippen MR) is 152 cm³/mol. The number of rotatable bonds is 5. The molecule has 0 amide bonds. The van der Waals surface area contributed by atoms with Crippen LogP contribution in [0, 0.1) is 6.92 Å². The van der Waals surface area contributed by atoms with Crippen LogP contribution in [-0.4, -0.2) is 20.6 Å². The normalized spacial score (nSPS) is 11.2. The second-order valence-electron chi connectivity index (χ2n) is 9.44. The van der Waals surface area contributed by atoms with Crippen LogP contribution in [0.3, 0.4) is 0 Å². The largest absolute Gasteiger partial charge is 0.507 e. The monoisotopic (exact) mass is 494 g/mol. The van der Waals surface area contributed by atoms with E-state index < -0.39 is 0 Å². The summed E-state index contributed by atoms with van der Waals surface area (Å²) in [5, 5.41) is 11.9. The van der Waals surface area contributed by atoms with Crippen LogP contribution in [0.25, 0.3) is 22.4 Å². The highest BCUT2D eigenvalue weighted by atomic mass is 16.3. The third kappa shape index (κ3) is 4.16. The first-order valence-electron chi connectivity index (χ1n) is 12.6. The number of hydrogen-bond donors (Lipinski definition) is 1. The van der Waals surface area contributed by atoms with Crippen LogP contribution in [0.1, 0.15) is 38.5 Å². The molecule has 0 aliphatic carbocycles. The summed E-state index contributed by atoms with van der Waals surface area (Å²) in [4.78, 5) is 18.7. The van der Waals surface area contributed by atoms with Crippen LogP contribution in [0.2, 0.25) is 0 Å². The van der Waals surface area contributed by atoms with E-state index in [9.17, 15) is 9.90 Å². The summed E-state index contributed by atoms with van der Waals surface area (Å²) in [5.74, 6) is 0.145. The topological polar surface area (TPSA) is 55.1 Å². The third-order valence-corrected chi connectivity index (χ3v) is 6.89. The number of fused-ring (bicyclic) bond motifs is 1. The van der Waals surface area contributed by atoms with E-state index in [4.69, 9.17) is 4.98 Å². The maximum Gasteiger partial charge on any atom is 0.264 e. The molecule has 38 heavy (non-hydrogen) atoms. The Balaban J connectivity index is 1.61. The summed E-state index contributed by atoms with van der Waals surface area (Å²) in [5.41, 5.74) is 6.34. The first kappa shape index (κ1) is 23.4. The maximum atomic E-state index is 13.8. The maximum absolute atomic E-state index is 13.8. The van der Waals surface area contributed by atoms with Gasteiger partial charge in [0.05, 0.1) is 16.6 Å². The quantitative estimate of drug-likeness (QED) is 0.251. The Morgan fingerprint density at radius 3 is 1.92 bits per heavy atom. The van der Waals surface area contributed by atoms with E-state index >= 15 is 0 Å². The lowest BCUT2D eigenvalue weighted by atomic mass is 9.83. The minimum absolute atomic E-state index is 0.116. The number of carbonyl (C=O) groups is 1. The Bertz CT molecular complexity index is 1700. The molecule has 0 bridgehead atoms. The lowest BCUT2D eigenvalue weighted by Gasteiger charge is -2.22. The van der Waals surface area contributed by atoms with Crippen molar-refractivity contribution in [3.05, 3.63) is 155 Å². The number of aryl methyl sites for hydroxylation is 1. The van der Waals surface area contributed by atoms with Crippen LogP contribution in [-0.2, 0) is 0 Å². The minimum atomic E-state index is -0.196. The molecule has 184 valence electrons. The number of phenols is 1. The van der Waals surface area contributed by atoms with Crippen molar-refractivity contribution in [2.45, 2.75) is 12.8 Å². The van der Waals surface area contributed by atoms with E-state index in [1.807, 2.05) is 97.9 Å². The fraction of sp³-hybridized carbons (Fsp3) is 0.0588. The predicted octanol–water partition coefficient (Wildman–Crippen LogP) is 7.59. The first-order valence-corrected chi connectivity index (χ1v) is 12.6. The number of benzene rings is 5. The molecule has 6 rings (SSSR count). The molecule has 5 aromatic carbocycles. The molecule has 1 aromatic heterocycles. The van der Waals surface area contributed by atoms with Gasteiger partial charge >= 0.3 is 0 Å². The molecule has 4 nitrogen and oxygen atoms in total. The molecule has 0 aliphatic rings. The highest BCUT2D eigenvalue weighted by Gasteiger charge is 2.26. The standard InChI is InChI=1S/C34H26N2O2/c1-23-21-27(31(24-13-5-2-6-14-24)25-15-7-3-8-16-25)32(37)28(22-23)33-35-29-19-11-12-20-30(29)36(33)34(38)26-17-9-4-10-18-26/h2-22,31,37H,1H3. The smallest absolute Gasteiger partial charge is 0.264 e. The van der Waals surface area contributed by atoms with Crippen LogP contribution in [0.15, 0.2) is 127 Å². The lowest BCUT2D eigenvalue weighted by molar-refractivity contribution is 0.0966. The molecule has 0 saturated carbocycles. The Labute approximate surface area is 221 Å². The average molecular weight is 495 g/mol. The zero-order chi connectivity index (χ0) is 26.1. The Morgan fingerprint density at radius 2 is 1.29 bits per heavy atom. The summed E-state index contributed by atoms with van der Waals surface area (Å²) < 4.78 is 1.61. The van der Waals surface area contributed by atoms with Gasteiger partial charge in [0.2, 0.25) is 0 Å². The number of imidazole rings is 1. The second kappa shape index (κ2) is 9.83. The van der Waals surface area contributed by atoms with Crippen molar-refractivity contribution >= 4 is 16.9 Å². The summed E-state index contributed by atoms with van der Waals surface area (Å²) in [6.45, 7) is 2.01. The van der Waals surface area contributed by atoms with Crippen LogP contribution in [0.5, 0.6) is 5.75 Å². The van der Waals surface area contributed by atoms with Crippen molar-refractivity contribution in [1.29, 1.82) is 0 Å². The lowest BCUT2D eigenvalue weighted by Crippen LogP contribution is -2.14. The molecule has 1 heterocycles. The van der Waals surface area contributed by atoms with Gasteiger partial charge < -0.3 is 5.11 Å². The highest BCUT2D eigenvalue weighted by Crippen LogP contribution is 2.43. The molecule has 1 N–H and O–H groups in total. The van der Waals surface area contributed by atoms with E-state index in [0.29, 0.717) is 28.0 Å². The minimum Gasteiger partial charge on any atom is -0.507 e. The zero-order valence-electron chi connectivity index (χ0n) is 21.0. The van der Waals surface area contributed by atoms with Crippen LogP contribution < -0.4 is 0 Å². The Morgan fingerprint density at radius 1 is 0.737 bits per heavy atom. The molecule has 0 unspecified atom stereocenters. The van der Waals surface area contributed by atoms with Crippen molar-refractivity contribution in [3.63, 3.8) is 0 Å². The summed E-state index contributed by atoms with van der Waals surface area (Å²) in [7, 11) is 0. The number of aromatic nitrogens is 2. The zero-order valence-corrected chi connectivity index (χ0v) is 21.0. The number of hydrogen-bond acceptors (Lipinski definition) is 3. The van der Waals surface area contributed by atoms with E-state index in [0.717, 1.165) is 22.3 Å². The fourth-order valence-electron chi connectivity index (χ4n) is 5.16. The van der Waals surface area contributed by atoms with E-state index in [-0.39, 0.29) is 17.6 Å². The van der Waals surface area contributed by atoms with E-state index in [1.54, 1.807) is 16.7 Å². The third-order valence-electron chi connectivity index (χ3n) is 6.89. The number of aromatic hydroxyl groups is 1. The van der Waals surface area contributed by atoms with Gasteiger partial charge in [-0.2, -0.15) is 0 Å². The summed E-state index contributed by atoms with van der Waals surface area (Å²) in [6, 6.07) is 41.0. The van der Waals surface area contributed by atoms with Gasteiger partial charge in [0, 0.05) is 17.0 Å². The van der Waals surface area contributed by atoms with Crippen molar-refractivity contribution in [2.24, 2.45) is 0 Å². The van der Waals surface area contributed by atoms with Gasteiger partial charge in [-0.3, -0.25) is 9.36 Å². The van der Waals surface area contributed by atoms with Crippen LogP contribution >= 0.6 is 0 Å². The number of carbonyl (C=O) groups excluding carboxylic acids is 1. The first-order chi connectivity index (χ1) is 18.6. The molecule has 0 fully saturated rings. The van der Waals surface area contributed by atoms with Crippen molar-refractivity contribution in [2.75, 3.05) is 0 Å². The Hall–Kier alpha value is -4.96. The molecule has 0 aliphatic heterocycles. The number of nitrogens with zero attached hydrogens (tertiary/aromatic N) is 2. The van der Waals surface area contributed by atoms with Gasteiger partial charge in [0.15, 0.2) is 5.82 Å². The van der Waals surface area contributed by atoms with Crippen LogP contribution in [0.4, 0.5) is 0 Å². The molecule has 4 heteroatoms. The van der Waals surface area contributed by atoms with Gasteiger partial charge in [-0.1, -0.05) is 97.1 Å². The fourth-order valence-corrected chi connectivity index (χ4v) is 5.16. The van der Waals surface area contributed by atoms with E-state index in [2.05, 4.69) is 24.3 Å². The molecule has 0 saturated heterocycles. The molecular weight excluding hydrogens is 468 g/mol. The van der Waals surface area contributed by atoms with Gasteiger partial charge in [-0.25, -0.2) is 4.98 Å². The molecule has 0 atom stereocenters. The molecule has 0 radical (unpaired) electrons. The van der Waals surface area contributed by atoms with Gasteiger partial charge in [0.25, 0.3) is 5.91 Å². The second-order valence-corrected chi connectivity index (χ2v) is 9.44. The van der Waals surface area contributed by atoms with Gasteiger partial charge in [-0.15, -0.1) is 0 Å². The Kier molecular flexibility index (Phi) is 6.06. The van der Waals surface area contributed by atoms with Crippen molar-refractivity contribution < 1.29 is 9.90 Å². The van der Waals surface area contributed by atoms with Crippen molar-refractivity contribution in [3.8, 4) is 17.1 Å². The van der Waals surface area contributed by atoms with Gasteiger partial charge in [0.1, 0.15) is 5.75 Å². The molecule has 0 spiro atoms. The highest BCUT2D eigenvalue weighted by molar-refractivity contribution is 6.04. The average Bonchev–Trinajstić information content (AvgIpc) is 3.35.